The summed E-state index contributed by atoms with van der Waals surface area (Å²) in [7, 11) is 1.29. The Bertz CT molecular complexity index is 840. The van der Waals surface area contributed by atoms with Gasteiger partial charge in [-0.2, -0.15) is 11.8 Å². The van der Waals surface area contributed by atoms with Gasteiger partial charge in [-0.05, 0) is 43.0 Å². The van der Waals surface area contributed by atoms with Crippen LogP contribution in [0.1, 0.15) is 27.9 Å². The highest BCUT2D eigenvalue weighted by atomic mass is 32.2. The van der Waals surface area contributed by atoms with E-state index in [1.165, 1.54) is 7.11 Å². The molecule has 7 heteroatoms. The Labute approximate surface area is 181 Å². The molecule has 0 saturated heterocycles. The van der Waals surface area contributed by atoms with Crippen molar-refractivity contribution < 1.29 is 19.1 Å². The Kier molecular flexibility index (Phi) is 9.41. The van der Waals surface area contributed by atoms with E-state index in [0.717, 1.165) is 11.1 Å². The van der Waals surface area contributed by atoms with Crippen molar-refractivity contribution in [3.8, 4) is 0 Å². The van der Waals surface area contributed by atoms with Crippen molar-refractivity contribution in [1.82, 2.24) is 10.6 Å². The van der Waals surface area contributed by atoms with E-state index in [0.29, 0.717) is 24.2 Å². The first kappa shape index (κ1) is 23.5. The van der Waals surface area contributed by atoms with Gasteiger partial charge in [-0.15, -0.1) is 0 Å². The minimum atomic E-state index is -0.831. The van der Waals surface area contributed by atoms with Gasteiger partial charge in [0, 0.05) is 12.0 Å². The molecule has 30 heavy (non-hydrogen) atoms. The lowest BCUT2D eigenvalue weighted by Gasteiger charge is -2.22. The summed E-state index contributed by atoms with van der Waals surface area (Å²) in [5, 5.41) is 5.56. The van der Waals surface area contributed by atoms with Crippen molar-refractivity contribution in [2.45, 2.75) is 31.8 Å². The van der Waals surface area contributed by atoms with E-state index >= 15 is 0 Å². The molecule has 2 atom stereocenters. The number of esters is 1. The fourth-order valence-electron chi connectivity index (χ4n) is 2.90. The fraction of sp³-hybridized carbons (Fsp3) is 0.348. The number of amides is 2. The minimum Gasteiger partial charge on any atom is -0.467 e. The van der Waals surface area contributed by atoms with Crippen LogP contribution in [0.15, 0.2) is 54.6 Å². The normalized spacial score (nSPS) is 12.5. The van der Waals surface area contributed by atoms with Gasteiger partial charge >= 0.3 is 5.97 Å². The highest BCUT2D eigenvalue weighted by Crippen LogP contribution is 2.09. The Hall–Kier alpha value is -2.80. The Morgan fingerprint density at radius 2 is 1.63 bits per heavy atom. The molecule has 2 aromatic carbocycles. The van der Waals surface area contributed by atoms with Gasteiger partial charge in [0.15, 0.2) is 0 Å². The molecular formula is C23H28N2O4S. The topological polar surface area (TPSA) is 84.5 Å². The van der Waals surface area contributed by atoms with Crippen LogP contribution in [0.4, 0.5) is 0 Å². The number of benzene rings is 2. The van der Waals surface area contributed by atoms with Crippen molar-refractivity contribution in [3.05, 3.63) is 71.3 Å². The molecule has 2 amide bonds. The first-order chi connectivity index (χ1) is 14.4. The van der Waals surface area contributed by atoms with E-state index in [-0.39, 0.29) is 5.91 Å². The SMILES string of the molecule is COC(=O)C(CCSC)NC(=O)C(Cc1ccccc1)NC(=O)c1ccc(C)cc1. The lowest BCUT2D eigenvalue weighted by molar-refractivity contribution is -0.145. The summed E-state index contributed by atoms with van der Waals surface area (Å²) in [5.74, 6) is -0.569. The van der Waals surface area contributed by atoms with E-state index in [4.69, 9.17) is 4.74 Å². The number of nitrogens with one attached hydrogen (secondary N) is 2. The molecular weight excluding hydrogens is 400 g/mol. The van der Waals surface area contributed by atoms with Crippen molar-refractivity contribution in [2.24, 2.45) is 0 Å². The van der Waals surface area contributed by atoms with Gasteiger partial charge in [-0.25, -0.2) is 4.79 Å². The molecule has 0 spiro atoms. The maximum atomic E-state index is 13.0. The molecule has 2 unspecified atom stereocenters. The summed E-state index contributed by atoms with van der Waals surface area (Å²) in [6, 6.07) is 15.0. The van der Waals surface area contributed by atoms with E-state index in [1.54, 1.807) is 23.9 Å². The van der Waals surface area contributed by atoms with Crippen molar-refractivity contribution in [3.63, 3.8) is 0 Å². The molecule has 0 aliphatic heterocycles. The fourth-order valence-corrected chi connectivity index (χ4v) is 3.38. The molecule has 0 aliphatic rings. The van der Waals surface area contributed by atoms with E-state index in [2.05, 4.69) is 10.6 Å². The second kappa shape index (κ2) is 12.0. The number of rotatable bonds is 10. The molecule has 0 aromatic heterocycles. The van der Waals surface area contributed by atoms with Crippen LogP contribution >= 0.6 is 11.8 Å². The summed E-state index contributed by atoms with van der Waals surface area (Å²) in [6.45, 7) is 1.94. The molecule has 0 heterocycles. The third-order valence-corrected chi connectivity index (χ3v) is 5.28. The number of thioether (sulfide) groups is 1. The molecule has 0 aliphatic carbocycles. The van der Waals surface area contributed by atoms with Crippen molar-refractivity contribution in [2.75, 3.05) is 19.1 Å². The van der Waals surface area contributed by atoms with Gasteiger partial charge in [0.05, 0.1) is 7.11 Å². The first-order valence-corrected chi connectivity index (χ1v) is 11.1. The van der Waals surface area contributed by atoms with Gasteiger partial charge in [-0.3, -0.25) is 9.59 Å². The number of methoxy groups -OCH3 is 1. The highest BCUT2D eigenvalue weighted by molar-refractivity contribution is 7.98. The van der Waals surface area contributed by atoms with Gasteiger partial charge < -0.3 is 15.4 Å². The standard InChI is InChI=1S/C23H28N2O4S/c1-16-9-11-18(12-10-16)21(26)25-20(15-17-7-5-4-6-8-17)22(27)24-19(13-14-30-3)23(28)29-2/h4-12,19-20H,13-15H2,1-3H3,(H,24,27)(H,25,26). The molecule has 2 N–H and O–H groups in total. The number of hydrogen-bond donors (Lipinski definition) is 2. The summed E-state index contributed by atoms with van der Waals surface area (Å²) >= 11 is 1.58. The number of carbonyl (C=O) groups is 3. The van der Waals surface area contributed by atoms with Crippen LogP contribution in [0.3, 0.4) is 0 Å². The van der Waals surface area contributed by atoms with Crippen LogP contribution in [-0.2, 0) is 20.7 Å². The average molecular weight is 429 g/mol. The lowest BCUT2D eigenvalue weighted by Crippen LogP contribution is -2.52. The maximum absolute atomic E-state index is 13.0. The Morgan fingerprint density at radius 3 is 2.23 bits per heavy atom. The minimum absolute atomic E-state index is 0.306. The number of ether oxygens (including phenoxy) is 1. The Balaban J connectivity index is 2.18. The van der Waals surface area contributed by atoms with E-state index in [9.17, 15) is 14.4 Å². The highest BCUT2D eigenvalue weighted by Gasteiger charge is 2.27. The van der Waals surface area contributed by atoms with Crippen LogP contribution in [-0.4, -0.2) is 49.0 Å². The van der Waals surface area contributed by atoms with Crippen LogP contribution in [0.5, 0.6) is 0 Å². The zero-order chi connectivity index (χ0) is 21.9. The summed E-state index contributed by atoms with van der Waals surface area (Å²) in [6.07, 6.45) is 2.68. The van der Waals surface area contributed by atoms with Crippen LogP contribution in [0.2, 0.25) is 0 Å². The van der Waals surface area contributed by atoms with Crippen LogP contribution < -0.4 is 10.6 Å². The molecule has 2 aromatic rings. The quantitative estimate of drug-likeness (QED) is 0.569. The summed E-state index contributed by atoms with van der Waals surface area (Å²) in [4.78, 5) is 37.8. The maximum Gasteiger partial charge on any atom is 0.328 e. The predicted molar refractivity (Wildman–Crippen MR) is 120 cm³/mol. The molecule has 2 rings (SSSR count). The zero-order valence-electron chi connectivity index (χ0n) is 17.5. The number of hydrogen-bond acceptors (Lipinski definition) is 5. The Morgan fingerprint density at radius 1 is 0.967 bits per heavy atom. The second-order valence-electron chi connectivity index (χ2n) is 6.95. The lowest BCUT2D eigenvalue weighted by atomic mass is 10.0. The molecule has 0 bridgehead atoms. The molecule has 0 radical (unpaired) electrons. The number of aryl methyl sites for hydroxylation is 1. The predicted octanol–water partition coefficient (Wildman–Crippen LogP) is 2.75. The van der Waals surface area contributed by atoms with Gasteiger partial charge in [0.25, 0.3) is 5.91 Å². The van der Waals surface area contributed by atoms with Crippen LogP contribution in [0.25, 0.3) is 0 Å². The zero-order valence-corrected chi connectivity index (χ0v) is 18.3. The summed E-state index contributed by atoms with van der Waals surface area (Å²) < 4.78 is 4.82. The summed E-state index contributed by atoms with van der Waals surface area (Å²) in [5.41, 5.74) is 2.42. The first-order valence-electron chi connectivity index (χ1n) is 9.73. The van der Waals surface area contributed by atoms with E-state index in [1.807, 2.05) is 55.6 Å². The monoisotopic (exact) mass is 428 g/mol. The van der Waals surface area contributed by atoms with Gasteiger partial charge in [0.1, 0.15) is 12.1 Å². The third kappa shape index (κ3) is 7.22. The molecule has 0 fully saturated rings. The average Bonchev–Trinajstić information content (AvgIpc) is 2.76. The molecule has 160 valence electrons. The van der Waals surface area contributed by atoms with Crippen molar-refractivity contribution >= 4 is 29.5 Å². The van der Waals surface area contributed by atoms with E-state index < -0.39 is 24.0 Å². The second-order valence-corrected chi connectivity index (χ2v) is 7.93. The third-order valence-electron chi connectivity index (χ3n) is 4.63. The molecule has 6 nitrogen and oxygen atoms in total. The van der Waals surface area contributed by atoms with Crippen LogP contribution in [0, 0.1) is 6.92 Å². The molecule has 0 saturated carbocycles. The largest absolute Gasteiger partial charge is 0.467 e. The smallest absolute Gasteiger partial charge is 0.328 e. The van der Waals surface area contributed by atoms with Crippen molar-refractivity contribution in [1.29, 1.82) is 0 Å². The van der Waals surface area contributed by atoms with Gasteiger partial charge in [0.2, 0.25) is 5.91 Å². The van der Waals surface area contributed by atoms with Gasteiger partial charge in [-0.1, -0.05) is 48.0 Å². The number of carbonyl (C=O) groups excluding carboxylic acids is 3.